The second-order valence-electron chi connectivity index (χ2n) is 5.85. The minimum atomic E-state index is 0.615. The van der Waals surface area contributed by atoms with Gasteiger partial charge in [0.25, 0.3) is 0 Å². The van der Waals surface area contributed by atoms with Crippen molar-refractivity contribution in [1.29, 1.82) is 0 Å². The third-order valence-electron chi connectivity index (χ3n) is 4.63. The summed E-state index contributed by atoms with van der Waals surface area (Å²) in [6.07, 6.45) is 10.1. The molecule has 3 aliphatic heterocycles. The fourth-order valence-corrected chi connectivity index (χ4v) is 7.51. The number of thioether (sulfide) groups is 2. The van der Waals surface area contributed by atoms with Crippen molar-refractivity contribution in [2.24, 2.45) is 0 Å². The van der Waals surface area contributed by atoms with Crippen LogP contribution in [0.4, 0.5) is 0 Å². The molecule has 0 aromatic carbocycles. The molecular formula is C14H25NS2. The number of hydrogen-bond acceptors (Lipinski definition) is 3. The van der Waals surface area contributed by atoms with Crippen LogP contribution < -0.4 is 0 Å². The highest BCUT2D eigenvalue weighted by Gasteiger charge is 2.47. The summed E-state index contributed by atoms with van der Waals surface area (Å²) >= 11 is 4.60. The van der Waals surface area contributed by atoms with E-state index in [9.17, 15) is 0 Å². The van der Waals surface area contributed by atoms with Crippen molar-refractivity contribution in [3.8, 4) is 0 Å². The van der Waals surface area contributed by atoms with Gasteiger partial charge in [-0.05, 0) is 56.6 Å². The van der Waals surface area contributed by atoms with Crippen molar-refractivity contribution in [1.82, 2.24) is 4.90 Å². The molecule has 1 spiro atoms. The standard InChI is InChI=1S/C14H25NS2/c1-2-5-12-10-14(16-8-4-9-17-14)11-13-6-3-7-15(12)13/h12-13H,2-11H2,1H3/t12-,13+/m1/s1. The highest BCUT2D eigenvalue weighted by molar-refractivity contribution is 8.18. The molecule has 17 heavy (non-hydrogen) atoms. The van der Waals surface area contributed by atoms with Gasteiger partial charge >= 0.3 is 0 Å². The van der Waals surface area contributed by atoms with Gasteiger partial charge in [0, 0.05) is 12.1 Å². The van der Waals surface area contributed by atoms with Crippen molar-refractivity contribution < 1.29 is 0 Å². The normalized spacial score (nSPS) is 37.2. The molecule has 3 heteroatoms. The summed E-state index contributed by atoms with van der Waals surface area (Å²) < 4.78 is 0.615. The van der Waals surface area contributed by atoms with Gasteiger partial charge in [0.1, 0.15) is 0 Å². The Morgan fingerprint density at radius 3 is 2.76 bits per heavy atom. The van der Waals surface area contributed by atoms with E-state index in [0.717, 1.165) is 12.1 Å². The molecular weight excluding hydrogens is 246 g/mol. The summed E-state index contributed by atoms with van der Waals surface area (Å²) in [7, 11) is 0. The molecule has 0 bridgehead atoms. The second kappa shape index (κ2) is 5.34. The fraction of sp³-hybridized carbons (Fsp3) is 1.00. The van der Waals surface area contributed by atoms with Crippen molar-refractivity contribution in [3.63, 3.8) is 0 Å². The summed E-state index contributed by atoms with van der Waals surface area (Å²) in [5.74, 6) is 2.83. The average Bonchev–Trinajstić information content (AvgIpc) is 2.78. The van der Waals surface area contributed by atoms with Crippen LogP contribution in [0.5, 0.6) is 0 Å². The summed E-state index contributed by atoms with van der Waals surface area (Å²) in [4.78, 5) is 2.87. The van der Waals surface area contributed by atoms with E-state index in [1.807, 2.05) is 0 Å². The first-order valence-electron chi connectivity index (χ1n) is 7.37. The maximum Gasteiger partial charge on any atom is 0.0640 e. The molecule has 0 N–H and O–H groups in total. The Morgan fingerprint density at radius 1 is 1.18 bits per heavy atom. The van der Waals surface area contributed by atoms with Crippen molar-refractivity contribution in [3.05, 3.63) is 0 Å². The number of fused-ring (bicyclic) bond motifs is 1. The average molecular weight is 271 g/mol. The summed E-state index contributed by atoms with van der Waals surface area (Å²) in [6, 6.07) is 1.83. The van der Waals surface area contributed by atoms with Crippen molar-refractivity contribution >= 4 is 23.5 Å². The van der Waals surface area contributed by atoms with E-state index in [1.54, 1.807) is 0 Å². The molecule has 0 saturated carbocycles. The molecule has 3 saturated heterocycles. The predicted octanol–water partition coefficient (Wildman–Crippen LogP) is 3.98. The van der Waals surface area contributed by atoms with Crippen LogP contribution in [-0.2, 0) is 0 Å². The van der Waals surface area contributed by atoms with Gasteiger partial charge in [-0.1, -0.05) is 13.3 Å². The topological polar surface area (TPSA) is 3.24 Å². The lowest BCUT2D eigenvalue weighted by Gasteiger charge is -2.49. The van der Waals surface area contributed by atoms with Crippen LogP contribution in [0.2, 0.25) is 0 Å². The van der Waals surface area contributed by atoms with Crippen LogP contribution in [0, 0.1) is 0 Å². The Kier molecular flexibility index (Phi) is 3.98. The second-order valence-corrected chi connectivity index (χ2v) is 9.06. The minimum absolute atomic E-state index is 0.615. The zero-order valence-corrected chi connectivity index (χ0v) is 12.6. The molecule has 3 fully saturated rings. The third-order valence-corrected chi connectivity index (χ3v) is 8.04. The lowest BCUT2D eigenvalue weighted by Crippen LogP contribution is -2.51. The number of rotatable bonds is 2. The molecule has 0 amide bonds. The first-order valence-corrected chi connectivity index (χ1v) is 9.34. The summed E-state index contributed by atoms with van der Waals surface area (Å²) in [5.41, 5.74) is 0. The molecule has 0 aromatic heterocycles. The van der Waals surface area contributed by atoms with Gasteiger partial charge in [0.2, 0.25) is 0 Å². The van der Waals surface area contributed by atoms with E-state index in [1.165, 1.54) is 63.0 Å². The molecule has 3 aliphatic rings. The summed E-state index contributed by atoms with van der Waals surface area (Å²) in [5, 5.41) is 0. The van der Waals surface area contributed by atoms with Crippen LogP contribution in [0.25, 0.3) is 0 Å². The zero-order chi connectivity index (χ0) is 11.7. The Labute approximate surface area is 114 Å². The van der Waals surface area contributed by atoms with Crippen LogP contribution >= 0.6 is 23.5 Å². The highest BCUT2D eigenvalue weighted by Crippen LogP contribution is 2.54. The first kappa shape index (κ1) is 12.7. The zero-order valence-electron chi connectivity index (χ0n) is 11.0. The monoisotopic (exact) mass is 271 g/mol. The molecule has 0 aliphatic carbocycles. The van der Waals surface area contributed by atoms with Gasteiger partial charge in [-0.3, -0.25) is 4.90 Å². The van der Waals surface area contributed by atoms with Crippen LogP contribution in [0.1, 0.15) is 51.9 Å². The fourth-order valence-electron chi connectivity index (χ4n) is 3.93. The van der Waals surface area contributed by atoms with Gasteiger partial charge in [-0.2, -0.15) is 0 Å². The van der Waals surface area contributed by atoms with Gasteiger partial charge in [0.05, 0.1) is 4.08 Å². The van der Waals surface area contributed by atoms with Gasteiger partial charge in [-0.25, -0.2) is 0 Å². The molecule has 1 nitrogen and oxygen atoms in total. The number of piperidine rings is 1. The van der Waals surface area contributed by atoms with E-state index < -0.39 is 0 Å². The van der Waals surface area contributed by atoms with Gasteiger partial charge in [-0.15, -0.1) is 23.5 Å². The quantitative estimate of drug-likeness (QED) is 0.748. The molecule has 0 unspecified atom stereocenters. The van der Waals surface area contributed by atoms with E-state index in [-0.39, 0.29) is 0 Å². The molecule has 98 valence electrons. The molecule has 0 radical (unpaired) electrons. The molecule has 0 aromatic rings. The third kappa shape index (κ3) is 2.52. The maximum atomic E-state index is 2.87. The lowest BCUT2D eigenvalue weighted by atomic mass is 9.93. The molecule has 3 heterocycles. The largest absolute Gasteiger partial charge is 0.297 e. The van der Waals surface area contributed by atoms with E-state index in [4.69, 9.17) is 0 Å². The Hall–Kier alpha value is 0.660. The highest BCUT2D eigenvalue weighted by atomic mass is 32.2. The molecule has 2 atom stereocenters. The van der Waals surface area contributed by atoms with Gasteiger partial charge in [0.15, 0.2) is 0 Å². The predicted molar refractivity (Wildman–Crippen MR) is 79.9 cm³/mol. The number of hydrogen-bond donors (Lipinski definition) is 0. The number of nitrogens with zero attached hydrogens (tertiary/aromatic N) is 1. The van der Waals surface area contributed by atoms with E-state index in [2.05, 4.69) is 35.3 Å². The van der Waals surface area contributed by atoms with Crippen molar-refractivity contribution in [2.45, 2.75) is 68.0 Å². The maximum absolute atomic E-state index is 2.87. The van der Waals surface area contributed by atoms with Crippen molar-refractivity contribution in [2.75, 3.05) is 18.1 Å². The Morgan fingerprint density at radius 2 is 2.00 bits per heavy atom. The Balaban J connectivity index is 1.75. The SMILES string of the molecule is CCC[C@@H]1CC2(C[C@@H]3CCCN13)SCCCS2. The lowest BCUT2D eigenvalue weighted by molar-refractivity contribution is 0.113. The minimum Gasteiger partial charge on any atom is -0.297 e. The van der Waals surface area contributed by atoms with Crippen LogP contribution in [0.15, 0.2) is 0 Å². The molecule has 3 rings (SSSR count). The van der Waals surface area contributed by atoms with E-state index >= 15 is 0 Å². The van der Waals surface area contributed by atoms with Gasteiger partial charge < -0.3 is 0 Å². The van der Waals surface area contributed by atoms with Crippen LogP contribution in [-0.4, -0.2) is 39.1 Å². The van der Waals surface area contributed by atoms with Crippen LogP contribution in [0.3, 0.4) is 0 Å². The first-order chi connectivity index (χ1) is 8.33. The summed E-state index contributed by atoms with van der Waals surface area (Å²) in [6.45, 7) is 3.74. The van der Waals surface area contributed by atoms with E-state index in [0.29, 0.717) is 4.08 Å². The smallest absolute Gasteiger partial charge is 0.0640 e. The Bertz CT molecular complexity index is 263.